The molecule has 1 aromatic heterocycles. The molecule has 0 atom stereocenters. The number of hydrogen-bond donors (Lipinski definition) is 2. The number of nitrogens with two attached hydrogens (primary N) is 1. The van der Waals surface area contributed by atoms with E-state index < -0.39 is 0 Å². The van der Waals surface area contributed by atoms with Crippen LogP contribution in [0.3, 0.4) is 0 Å². The molecule has 0 saturated heterocycles. The van der Waals surface area contributed by atoms with Crippen LogP contribution in [-0.2, 0) is 6.54 Å². The first kappa shape index (κ1) is 20.4. The molecule has 1 heterocycles. The van der Waals surface area contributed by atoms with E-state index >= 15 is 0 Å². The van der Waals surface area contributed by atoms with E-state index in [0.29, 0.717) is 12.2 Å². The number of anilines is 2. The fourth-order valence-electron chi connectivity index (χ4n) is 3.51. The fraction of sp³-hybridized carbons (Fsp3) is 0.154. The van der Waals surface area contributed by atoms with Gasteiger partial charge in [-0.05, 0) is 62.2 Å². The van der Waals surface area contributed by atoms with Crippen molar-refractivity contribution < 1.29 is 0 Å². The number of aryl methyl sites for hydroxylation is 2. The highest BCUT2D eigenvalue weighted by Gasteiger charge is 2.13. The van der Waals surface area contributed by atoms with Crippen LogP contribution in [0.2, 0.25) is 0 Å². The lowest BCUT2D eigenvalue weighted by Crippen LogP contribution is -2.10. The quantitative estimate of drug-likeness (QED) is 0.377. The zero-order valence-corrected chi connectivity index (χ0v) is 18.2. The number of imidazole rings is 1. The van der Waals surface area contributed by atoms with Crippen molar-refractivity contribution in [2.75, 3.05) is 5.32 Å². The van der Waals surface area contributed by atoms with Crippen LogP contribution in [0.4, 0.5) is 17.3 Å². The van der Waals surface area contributed by atoms with Crippen LogP contribution in [0.1, 0.15) is 23.6 Å². The highest BCUT2D eigenvalue weighted by atomic mass is 15.2. The van der Waals surface area contributed by atoms with Gasteiger partial charge in [0.2, 0.25) is 5.95 Å². The third-order valence-corrected chi connectivity index (χ3v) is 5.24. The minimum atomic E-state index is 0.529. The maximum absolute atomic E-state index is 5.90. The molecular formula is C26H27N5. The Morgan fingerprint density at radius 3 is 2.52 bits per heavy atom. The Labute approximate surface area is 183 Å². The highest BCUT2D eigenvalue weighted by Crippen LogP contribution is 2.26. The number of rotatable bonds is 6. The smallest absolute Gasteiger partial charge is 0.208 e. The minimum absolute atomic E-state index is 0.529. The van der Waals surface area contributed by atoms with Gasteiger partial charge in [-0.1, -0.05) is 48.5 Å². The summed E-state index contributed by atoms with van der Waals surface area (Å²) in [6.45, 7) is 10.7. The van der Waals surface area contributed by atoms with Crippen molar-refractivity contribution in [3.63, 3.8) is 0 Å². The predicted molar refractivity (Wildman–Crippen MR) is 131 cm³/mol. The summed E-state index contributed by atoms with van der Waals surface area (Å²) in [6.07, 6.45) is 0. The Bertz CT molecular complexity index is 1280. The lowest BCUT2D eigenvalue weighted by Gasteiger charge is -2.12. The second-order valence-electron chi connectivity index (χ2n) is 7.87. The molecule has 156 valence electrons. The molecule has 5 nitrogen and oxygen atoms in total. The molecule has 0 fully saturated rings. The average molecular weight is 410 g/mol. The van der Waals surface area contributed by atoms with E-state index in [0.717, 1.165) is 45.2 Å². The van der Waals surface area contributed by atoms with Gasteiger partial charge in [0.05, 0.1) is 23.3 Å². The topological polar surface area (TPSA) is 68.2 Å². The second kappa shape index (κ2) is 8.48. The number of para-hydroxylation sites is 1. The molecule has 4 rings (SSSR count). The number of hydrogen-bond acceptors (Lipinski definition) is 4. The molecule has 0 bridgehead atoms. The monoisotopic (exact) mass is 409 g/mol. The van der Waals surface area contributed by atoms with E-state index in [9.17, 15) is 0 Å². The average Bonchev–Trinajstić information content (AvgIpc) is 3.07. The number of aliphatic imine (C=N–C) groups is 1. The molecule has 0 spiro atoms. The van der Waals surface area contributed by atoms with Gasteiger partial charge in [0.25, 0.3) is 0 Å². The molecule has 0 amide bonds. The highest BCUT2D eigenvalue weighted by molar-refractivity contribution is 5.89. The van der Waals surface area contributed by atoms with E-state index in [1.54, 1.807) is 0 Å². The van der Waals surface area contributed by atoms with Gasteiger partial charge >= 0.3 is 0 Å². The van der Waals surface area contributed by atoms with Crippen molar-refractivity contribution in [1.82, 2.24) is 9.55 Å². The number of nitrogens with one attached hydrogen (secondary N) is 1. The standard InChI is InChI=1S/C26H27N5/c1-17-9-12-22(13-10-17)29-26-30-24-15-21(20(4)27)11-14-25(24)31(26)16-19(3)28-23-8-6-5-7-18(23)2/h5-15H,4,16,27H2,1-3H3,(H,29,30). The molecule has 3 aromatic carbocycles. The van der Waals surface area contributed by atoms with E-state index in [2.05, 4.69) is 60.6 Å². The van der Waals surface area contributed by atoms with Crippen molar-refractivity contribution in [2.24, 2.45) is 10.7 Å². The van der Waals surface area contributed by atoms with Crippen LogP contribution in [0.15, 0.2) is 78.3 Å². The molecule has 4 aromatic rings. The third kappa shape index (κ3) is 4.51. The van der Waals surface area contributed by atoms with Gasteiger partial charge in [0.1, 0.15) is 0 Å². The molecule has 5 heteroatoms. The van der Waals surface area contributed by atoms with Crippen LogP contribution < -0.4 is 11.1 Å². The van der Waals surface area contributed by atoms with Crippen molar-refractivity contribution in [3.8, 4) is 0 Å². The maximum Gasteiger partial charge on any atom is 0.208 e. The van der Waals surface area contributed by atoms with E-state index in [-0.39, 0.29) is 0 Å². The molecule has 0 radical (unpaired) electrons. The van der Waals surface area contributed by atoms with Crippen molar-refractivity contribution in [2.45, 2.75) is 27.3 Å². The summed E-state index contributed by atoms with van der Waals surface area (Å²) in [5.74, 6) is 0.762. The predicted octanol–water partition coefficient (Wildman–Crippen LogP) is 6.12. The Balaban J connectivity index is 1.76. The first-order valence-corrected chi connectivity index (χ1v) is 10.3. The van der Waals surface area contributed by atoms with Gasteiger partial charge < -0.3 is 15.6 Å². The lowest BCUT2D eigenvalue weighted by molar-refractivity contribution is 0.888. The zero-order valence-electron chi connectivity index (χ0n) is 18.2. The third-order valence-electron chi connectivity index (χ3n) is 5.24. The first-order chi connectivity index (χ1) is 14.9. The van der Waals surface area contributed by atoms with Gasteiger partial charge in [-0.15, -0.1) is 0 Å². The Morgan fingerprint density at radius 2 is 1.81 bits per heavy atom. The summed E-state index contributed by atoms with van der Waals surface area (Å²) in [5.41, 5.74) is 14.5. The lowest BCUT2D eigenvalue weighted by atomic mass is 10.1. The van der Waals surface area contributed by atoms with Crippen LogP contribution in [0.5, 0.6) is 0 Å². The second-order valence-corrected chi connectivity index (χ2v) is 7.87. The number of aromatic nitrogens is 2. The summed E-state index contributed by atoms with van der Waals surface area (Å²) in [5, 5.41) is 3.46. The Kier molecular flexibility index (Phi) is 5.58. The molecule has 0 aliphatic carbocycles. The minimum Gasteiger partial charge on any atom is -0.399 e. The van der Waals surface area contributed by atoms with Gasteiger partial charge in [0.15, 0.2) is 0 Å². The van der Waals surface area contributed by atoms with Gasteiger partial charge in [0, 0.05) is 17.1 Å². The summed E-state index contributed by atoms with van der Waals surface area (Å²) >= 11 is 0. The number of benzene rings is 3. The van der Waals surface area contributed by atoms with Crippen LogP contribution in [0.25, 0.3) is 16.7 Å². The fourth-order valence-corrected chi connectivity index (χ4v) is 3.51. The van der Waals surface area contributed by atoms with Crippen LogP contribution >= 0.6 is 0 Å². The largest absolute Gasteiger partial charge is 0.399 e. The van der Waals surface area contributed by atoms with E-state index in [1.807, 2.05) is 43.3 Å². The molecule has 0 saturated carbocycles. The molecule has 3 N–H and O–H groups in total. The number of nitrogens with zero attached hydrogens (tertiary/aromatic N) is 3. The Hall–Kier alpha value is -3.86. The van der Waals surface area contributed by atoms with E-state index in [1.165, 1.54) is 5.56 Å². The molecule has 0 aliphatic heterocycles. The zero-order chi connectivity index (χ0) is 22.0. The molecular weight excluding hydrogens is 382 g/mol. The van der Waals surface area contributed by atoms with E-state index in [4.69, 9.17) is 15.7 Å². The van der Waals surface area contributed by atoms with Gasteiger partial charge in [-0.3, -0.25) is 4.99 Å². The normalized spacial score (nSPS) is 11.6. The van der Waals surface area contributed by atoms with Crippen LogP contribution in [-0.4, -0.2) is 15.3 Å². The molecule has 0 aliphatic rings. The summed E-state index contributed by atoms with van der Waals surface area (Å²) in [7, 11) is 0. The van der Waals surface area contributed by atoms with Crippen molar-refractivity contribution in [1.29, 1.82) is 0 Å². The summed E-state index contributed by atoms with van der Waals surface area (Å²) < 4.78 is 2.15. The SMILES string of the molecule is C=C(N)c1ccc2c(c1)nc(Nc1ccc(C)cc1)n2CC(C)=Nc1ccccc1C. The molecule has 31 heavy (non-hydrogen) atoms. The molecule has 0 unspecified atom stereocenters. The van der Waals surface area contributed by atoms with Gasteiger partial charge in [-0.2, -0.15) is 0 Å². The first-order valence-electron chi connectivity index (χ1n) is 10.3. The summed E-state index contributed by atoms with van der Waals surface area (Å²) in [4.78, 5) is 9.70. The summed E-state index contributed by atoms with van der Waals surface area (Å²) in [6, 6.07) is 22.4. The number of fused-ring (bicyclic) bond motifs is 1. The van der Waals surface area contributed by atoms with Crippen molar-refractivity contribution >= 4 is 39.8 Å². The van der Waals surface area contributed by atoms with Gasteiger partial charge in [-0.25, -0.2) is 4.98 Å². The van der Waals surface area contributed by atoms with Crippen LogP contribution in [0, 0.1) is 13.8 Å². The maximum atomic E-state index is 5.90. The Morgan fingerprint density at radius 1 is 1.06 bits per heavy atom. The van der Waals surface area contributed by atoms with Crippen molar-refractivity contribution in [3.05, 3.63) is 90.0 Å².